The molecule has 0 amide bonds. The number of nitrogens with zero attached hydrogens (tertiary/aromatic N) is 2. The lowest BCUT2D eigenvalue weighted by atomic mass is 10.2. The minimum atomic E-state index is 0.249. The van der Waals surface area contributed by atoms with Gasteiger partial charge in [0.1, 0.15) is 5.15 Å². The smallest absolute Gasteiger partial charge is 0.129 e. The van der Waals surface area contributed by atoms with E-state index in [0.29, 0.717) is 11.2 Å². The summed E-state index contributed by atoms with van der Waals surface area (Å²) in [5.74, 6) is 0. The van der Waals surface area contributed by atoms with Gasteiger partial charge in [-0.05, 0) is 37.1 Å². The molecule has 1 aromatic heterocycles. The Balaban J connectivity index is 2.02. The summed E-state index contributed by atoms with van der Waals surface area (Å²) in [5.41, 5.74) is 1.16. The molecule has 2 heterocycles. The van der Waals surface area contributed by atoms with Crippen molar-refractivity contribution in [2.75, 3.05) is 13.2 Å². The highest BCUT2D eigenvalue weighted by Crippen LogP contribution is 2.20. The normalized spacial score (nSPS) is 22.1. The SMILES string of the molecule is OC[C@@H]1CCCN1Cc1ccnc(Cl)c1. The van der Waals surface area contributed by atoms with Gasteiger partial charge in [-0.2, -0.15) is 0 Å². The molecule has 2 rings (SSSR count). The van der Waals surface area contributed by atoms with Crippen LogP contribution in [0.25, 0.3) is 0 Å². The Morgan fingerprint density at radius 2 is 2.47 bits per heavy atom. The third-order valence-corrected chi connectivity index (χ3v) is 3.09. The van der Waals surface area contributed by atoms with E-state index < -0.39 is 0 Å². The van der Waals surface area contributed by atoms with E-state index >= 15 is 0 Å². The summed E-state index contributed by atoms with van der Waals surface area (Å²) in [7, 11) is 0. The number of hydrogen-bond acceptors (Lipinski definition) is 3. The molecular weight excluding hydrogens is 212 g/mol. The Morgan fingerprint density at radius 1 is 1.60 bits per heavy atom. The number of hydrogen-bond donors (Lipinski definition) is 1. The summed E-state index contributed by atoms with van der Waals surface area (Å²) >= 11 is 5.82. The lowest BCUT2D eigenvalue weighted by Gasteiger charge is -2.22. The molecule has 0 radical (unpaired) electrons. The van der Waals surface area contributed by atoms with Crippen molar-refractivity contribution in [2.45, 2.75) is 25.4 Å². The zero-order valence-corrected chi connectivity index (χ0v) is 9.32. The summed E-state index contributed by atoms with van der Waals surface area (Å²) in [5, 5.41) is 9.72. The maximum Gasteiger partial charge on any atom is 0.129 e. The van der Waals surface area contributed by atoms with E-state index in [1.54, 1.807) is 6.20 Å². The van der Waals surface area contributed by atoms with Crippen LogP contribution in [0.15, 0.2) is 18.3 Å². The van der Waals surface area contributed by atoms with Crippen molar-refractivity contribution < 1.29 is 5.11 Å². The molecule has 1 saturated heterocycles. The van der Waals surface area contributed by atoms with Crippen LogP contribution in [0.1, 0.15) is 18.4 Å². The average molecular weight is 227 g/mol. The zero-order chi connectivity index (χ0) is 10.7. The summed E-state index contributed by atoms with van der Waals surface area (Å²) in [4.78, 5) is 6.25. The second-order valence-corrected chi connectivity index (χ2v) is 4.32. The van der Waals surface area contributed by atoms with E-state index in [-0.39, 0.29) is 6.61 Å². The molecule has 1 atom stereocenters. The van der Waals surface area contributed by atoms with Gasteiger partial charge in [0, 0.05) is 18.8 Å². The van der Waals surface area contributed by atoms with Crippen molar-refractivity contribution >= 4 is 11.6 Å². The Kier molecular flexibility index (Phi) is 3.57. The Bertz CT molecular complexity index is 332. The van der Waals surface area contributed by atoms with E-state index in [0.717, 1.165) is 25.1 Å². The molecule has 1 N–H and O–H groups in total. The maximum absolute atomic E-state index is 9.19. The standard InChI is InChI=1S/C11H15ClN2O/c12-11-6-9(3-4-13-11)7-14-5-1-2-10(14)8-15/h3-4,6,10,15H,1-2,5,7-8H2/t10-/m0/s1. The van der Waals surface area contributed by atoms with Crippen LogP contribution in [0.3, 0.4) is 0 Å². The van der Waals surface area contributed by atoms with Crippen molar-refractivity contribution in [3.8, 4) is 0 Å². The van der Waals surface area contributed by atoms with Gasteiger partial charge in [-0.1, -0.05) is 11.6 Å². The fourth-order valence-electron chi connectivity index (χ4n) is 2.09. The number of aromatic nitrogens is 1. The van der Waals surface area contributed by atoms with Gasteiger partial charge in [0.15, 0.2) is 0 Å². The molecule has 1 fully saturated rings. The van der Waals surface area contributed by atoms with Crippen molar-refractivity contribution in [1.82, 2.24) is 9.88 Å². The molecule has 15 heavy (non-hydrogen) atoms. The second kappa shape index (κ2) is 4.92. The molecule has 1 aliphatic rings. The first-order valence-electron chi connectivity index (χ1n) is 5.25. The van der Waals surface area contributed by atoms with Crippen LogP contribution in [0.5, 0.6) is 0 Å². The van der Waals surface area contributed by atoms with Crippen LogP contribution in [-0.4, -0.2) is 34.2 Å². The first-order valence-corrected chi connectivity index (χ1v) is 5.63. The third kappa shape index (κ3) is 2.68. The van der Waals surface area contributed by atoms with E-state index in [1.807, 2.05) is 12.1 Å². The van der Waals surface area contributed by atoms with Gasteiger partial charge in [0.25, 0.3) is 0 Å². The van der Waals surface area contributed by atoms with Gasteiger partial charge >= 0.3 is 0 Å². The molecule has 4 heteroatoms. The number of aliphatic hydroxyl groups excluding tert-OH is 1. The highest BCUT2D eigenvalue weighted by atomic mass is 35.5. The zero-order valence-electron chi connectivity index (χ0n) is 8.56. The molecule has 3 nitrogen and oxygen atoms in total. The first kappa shape index (κ1) is 10.9. The number of pyridine rings is 1. The molecule has 0 aromatic carbocycles. The molecular formula is C11H15ClN2O. The fraction of sp³-hybridized carbons (Fsp3) is 0.545. The van der Waals surface area contributed by atoms with Crippen LogP contribution < -0.4 is 0 Å². The largest absolute Gasteiger partial charge is 0.395 e. The van der Waals surface area contributed by atoms with Crippen LogP contribution in [0.2, 0.25) is 5.15 Å². The highest BCUT2D eigenvalue weighted by Gasteiger charge is 2.23. The monoisotopic (exact) mass is 226 g/mol. The van der Waals surface area contributed by atoms with E-state index in [2.05, 4.69) is 9.88 Å². The second-order valence-electron chi connectivity index (χ2n) is 3.94. The van der Waals surface area contributed by atoms with Gasteiger partial charge in [-0.15, -0.1) is 0 Å². The van der Waals surface area contributed by atoms with Crippen molar-refractivity contribution in [1.29, 1.82) is 0 Å². The van der Waals surface area contributed by atoms with Crippen molar-refractivity contribution in [3.63, 3.8) is 0 Å². The summed E-state index contributed by atoms with van der Waals surface area (Å²) in [6.07, 6.45) is 3.99. The minimum absolute atomic E-state index is 0.249. The highest BCUT2D eigenvalue weighted by molar-refractivity contribution is 6.29. The quantitative estimate of drug-likeness (QED) is 0.797. The predicted octanol–water partition coefficient (Wildman–Crippen LogP) is 1.69. The van der Waals surface area contributed by atoms with Gasteiger partial charge in [-0.3, -0.25) is 4.90 Å². The average Bonchev–Trinajstić information content (AvgIpc) is 2.65. The lowest BCUT2D eigenvalue weighted by Crippen LogP contribution is -2.31. The molecule has 82 valence electrons. The molecule has 1 aliphatic heterocycles. The topological polar surface area (TPSA) is 36.4 Å². The van der Waals surface area contributed by atoms with E-state index in [4.69, 9.17) is 11.6 Å². The van der Waals surface area contributed by atoms with Gasteiger partial charge < -0.3 is 5.11 Å². The van der Waals surface area contributed by atoms with Gasteiger partial charge in [0.05, 0.1) is 6.61 Å². The number of rotatable bonds is 3. The number of aliphatic hydroxyl groups is 1. The molecule has 0 spiro atoms. The minimum Gasteiger partial charge on any atom is -0.395 e. The first-order chi connectivity index (χ1) is 7.29. The Hall–Kier alpha value is -0.640. The van der Waals surface area contributed by atoms with Crippen LogP contribution in [-0.2, 0) is 6.54 Å². The van der Waals surface area contributed by atoms with Crippen molar-refractivity contribution in [3.05, 3.63) is 29.0 Å². The predicted molar refractivity (Wildman–Crippen MR) is 59.8 cm³/mol. The molecule has 1 aromatic rings. The van der Waals surface area contributed by atoms with Crippen LogP contribution in [0, 0.1) is 0 Å². The molecule has 0 unspecified atom stereocenters. The van der Waals surface area contributed by atoms with E-state index in [9.17, 15) is 5.11 Å². The lowest BCUT2D eigenvalue weighted by molar-refractivity contribution is 0.153. The summed E-state index contributed by atoms with van der Waals surface area (Å²) < 4.78 is 0. The summed E-state index contributed by atoms with van der Waals surface area (Å²) in [6, 6.07) is 4.17. The molecule has 0 aliphatic carbocycles. The summed E-state index contributed by atoms with van der Waals surface area (Å²) in [6.45, 7) is 2.16. The van der Waals surface area contributed by atoms with Crippen LogP contribution in [0.4, 0.5) is 0 Å². The van der Waals surface area contributed by atoms with Gasteiger partial charge in [0.2, 0.25) is 0 Å². The maximum atomic E-state index is 9.19. The molecule has 0 saturated carbocycles. The Labute approximate surface area is 94.7 Å². The fourth-order valence-corrected chi connectivity index (χ4v) is 2.28. The van der Waals surface area contributed by atoms with Gasteiger partial charge in [-0.25, -0.2) is 4.98 Å². The number of halogens is 1. The van der Waals surface area contributed by atoms with E-state index in [1.165, 1.54) is 6.42 Å². The Morgan fingerprint density at radius 3 is 3.20 bits per heavy atom. The molecule has 0 bridgehead atoms. The third-order valence-electron chi connectivity index (χ3n) is 2.89. The van der Waals surface area contributed by atoms with Crippen LogP contribution >= 0.6 is 11.6 Å². The number of likely N-dealkylation sites (tertiary alicyclic amines) is 1. The van der Waals surface area contributed by atoms with Crippen molar-refractivity contribution in [2.24, 2.45) is 0 Å².